The molecule has 7 heteroatoms. The fraction of sp³-hybridized carbons (Fsp3) is 0.538. The predicted molar refractivity (Wildman–Crippen MR) is 67.4 cm³/mol. The molecule has 0 radical (unpaired) electrons. The van der Waals surface area contributed by atoms with E-state index < -0.39 is 37.3 Å². The quantitative estimate of drug-likeness (QED) is 0.555. The normalized spacial score (nSPS) is 33.8. The van der Waals surface area contributed by atoms with Crippen molar-refractivity contribution in [3.8, 4) is 11.5 Å². The van der Waals surface area contributed by atoms with Gasteiger partial charge in [0.15, 0.2) is 0 Å². The molecule has 4 N–H and O–H groups in total. The van der Waals surface area contributed by atoms with Gasteiger partial charge in [-0.1, -0.05) is 0 Å². The number of aliphatic hydroxyl groups is 4. The van der Waals surface area contributed by atoms with Gasteiger partial charge in [0.1, 0.15) is 35.9 Å². The van der Waals surface area contributed by atoms with Gasteiger partial charge in [0.05, 0.1) is 13.7 Å². The minimum Gasteiger partial charge on any atom is -0.497 e. The Bertz CT molecular complexity index is 419. The molecule has 20 heavy (non-hydrogen) atoms. The Morgan fingerprint density at radius 3 is 2.15 bits per heavy atom. The third-order valence-corrected chi connectivity index (χ3v) is 3.16. The molecule has 0 spiro atoms. The van der Waals surface area contributed by atoms with E-state index in [9.17, 15) is 15.3 Å². The summed E-state index contributed by atoms with van der Waals surface area (Å²) in [6, 6.07) is 6.55. The van der Waals surface area contributed by atoms with E-state index in [0.29, 0.717) is 11.5 Å². The molecule has 1 aliphatic rings. The van der Waals surface area contributed by atoms with Crippen LogP contribution in [0, 0.1) is 0 Å². The molecule has 1 aromatic rings. The van der Waals surface area contributed by atoms with Crippen molar-refractivity contribution in [3.63, 3.8) is 0 Å². The van der Waals surface area contributed by atoms with E-state index >= 15 is 0 Å². The smallest absolute Gasteiger partial charge is 0.229 e. The van der Waals surface area contributed by atoms with Gasteiger partial charge in [-0.05, 0) is 24.3 Å². The topological polar surface area (TPSA) is 109 Å². The molecule has 0 aromatic heterocycles. The fourth-order valence-electron chi connectivity index (χ4n) is 1.95. The van der Waals surface area contributed by atoms with Gasteiger partial charge in [0.2, 0.25) is 6.29 Å². The molecule has 0 aliphatic carbocycles. The second-order valence-electron chi connectivity index (χ2n) is 4.49. The van der Waals surface area contributed by atoms with Crippen LogP contribution in [0.5, 0.6) is 11.5 Å². The van der Waals surface area contributed by atoms with E-state index in [1.165, 1.54) is 7.11 Å². The lowest BCUT2D eigenvalue weighted by molar-refractivity contribution is -0.277. The van der Waals surface area contributed by atoms with Gasteiger partial charge in [-0.25, -0.2) is 0 Å². The molecule has 112 valence electrons. The van der Waals surface area contributed by atoms with Crippen molar-refractivity contribution in [2.24, 2.45) is 0 Å². The van der Waals surface area contributed by atoms with Gasteiger partial charge in [-0.2, -0.15) is 0 Å². The molecule has 1 fully saturated rings. The number of benzene rings is 1. The number of hydrogen-bond donors (Lipinski definition) is 4. The van der Waals surface area contributed by atoms with Gasteiger partial charge in [0.25, 0.3) is 0 Å². The summed E-state index contributed by atoms with van der Waals surface area (Å²) in [4.78, 5) is 0. The Morgan fingerprint density at radius 1 is 1.00 bits per heavy atom. The van der Waals surface area contributed by atoms with Crippen LogP contribution in [0.4, 0.5) is 0 Å². The molecule has 5 atom stereocenters. The molecule has 1 aromatic carbocycles. The molecular weight excluding hydrogens is 268 g/mol. The van der Waals surface area contributed by atoms with Crippen molar-refractivity contribution in [1.82, 2.24) is 0 Å². The van der Waals surface area contributed by atoms with Crippen molar-refractivity contribution >= 4 is 0 Å². The molecule has 7 nitrogen and oxygen atoms in total. The zero-order valence-corrected chi connectivity index (χ0v) is 10.9. The first-order valence-electron chi connectivity index (χ1n) is 6.18. The molecule has 1 saturated heterocycles. The largest absolute Gasteiger partial charge is 0.497 e. The van der Waals surface area contributed by atoms with E-state index in [0.717, 1.165) is 0 Å². The minimum atomic E-state index is -1.45. The van der Waals surface area contributed by atoms with Crippen molar-refractivity contribution in [2.45, 2.75) is 30.7 Å². The second kappa shape index (κ2) is 6.38. The maximum Gasteiger partial charge on any atom is 0.229 e. The van der Waals surface area contributed by atoms with E-state index in [1.54, 1.807) is 24.3 Å². The summed E-state index contributed by atoms with van der Waals surface area (Å²) in [6.07, 6.45) is -6.44. The van der Waals surface area contributed by atoms with Gasteiger partial charge in [-0.15, -0.1) is 0 Å². The SMILES string of the molecule is COc1ccc(O[C@@H]2O[C@H](CO)[C@@H](O)[C@@H](O)[C@H]2O)cc1. The molecule has 0 amide bonds. The fourth-order valence-corrected chi connectivity index (χ4v) is 1.95. The summed E-state index contributed by atoms with van der Waals surface area (Å²) >= 11 is 0. The molecule has 1 heterocycles. The predicted octanol–water partition coefficient (Wildman–Crippen LogP) is -1.13. The summed E-state index contributed by atoms with van der Waals surface area (Å²) in [5, 5.41) is 38.2. The molecular formula is C13H18O7. The summed E-state index contributed by atoms with van der Waals surface area (Å²) in [5.41, 5.74) is 0. The summed E-state index contributed by atoms with van der Waals surface area (Å²) in [5.74, 6) is 1.04. The second-order valence-corrected chi connectivity index (χ2v) is 4.49. The van der Waals surface area contributed by atoms with Crippen LogP contribution in [0.3, 0.4) is 0 Å². The average Bonchev–Trinajstić information content (AvgIpc) is 2.48. The van der Waals surface area contributed by atoms with Crippen LogP contribution in [0.25, 0.3) is 0 Å². The van der Waals surface area contributed by atoms with Crippen LogP contribution in [-0.4, -0.2) is 64.8 Å². The highest BCUT2D eigenvalue weighted by Gasteiger charge is 2.44. The van der Waals surface area contributed by atoms with Gasteiger partial charge in [-0.3, -0.25) is 0 Å². The Kier molecular flexibility index (Phi) is 4.79. The first-order chi connectivity index (χ1) is 9.56. The molecule has 0 unspecified atom stereocenters. The van der Waals surface area contributed by atoms with Crippen LogP contribution in [0.15, 0.2) is 24.3 Å². The van der Waals surface area contributed by atoms with Crippen LogP contribution in [0.1, 0.15) is 0 Å². The van der Waals surface area contributed by atoms with E-state index in [-0.39, 0.29) is 0 Å². The summed E-state index contributed by atoms with van der Waals surface area (Å²) < 4.78 is 15.6. The molecule has 2 rings (SSSR count). The van der Waals surface area contributed by atoms with Gasteiger partial charge < -0.3 is 34.6 Å². The Hall–Kier alpha value is -1.38. The van der Waals surface area contributed by atoms with E-state index in [4.69, 9.17) is 19.3 Å². The number of methoxy groups -OCH3 is 1. The number of ether oxygens (including phenoxy) is 3. The lowest BCUT2D eigenvalue weighted by atomic mass is 9.99. The van der Waals surface area contributed by atoms with E-state index in [2.05, 4.69) is 0 Å². The molecule has 0 bridgehead atoms. The Balaban J connectivity index is 2.06. The standard InChI is InChI=1S/C13H18O7/c1-18-7-2-4-8(5-3-7)19-13-12(17)11(16)10(15)9(6-14)20-13/h2-5,9-17H,6H2,1H3/t9-,10-,11-,12-,13-/m1/s1. The first kappa shape index (κ1) is 15.0. The molecule has 0 saturated carbocycles. The zero-order chi connectivity index (χ0) is 14.7. The van der Waals surface area contributed by atoms with Crippen molar-refractivity contribution in [1.29, 1.82) is 0 Å². The third-order valence-electron chi connectivity index (χ3n) is 3.16. The monoisotopic (exact) mass is 286 g/mol. The van der Waals surface area contributed by atoms with Crippen LogP contribution in [0.2, 0.25) is 0 Å². The highest BCUT2D eigenvalue weighted by Crippen LogP contribution is 2.25. The van der Waals surface area contributed by atoms with Crippen LogP contribution < -0.4 is 9.47 Å². The van der Waals surface area contributed by atoms with Crippen LogP contribution in [-0.2, 0) is 4.74 Å². The number of aliphatic hydroxyl groups excluding tert-OH is 4. The van der Waals surface area contributed by atoms with E-state index in [1.807, 2.05) is 0 Å². The zero-order valence-electron chi connectivity index (χ0n) is 10.9. The van der Waals surface area contributed by atoms with Crippen molar-refractivity contribution < 1.29 is 34.6 Å². The van der Waals surface area contributed by atoms with Crippen molar-refractivity contribution in [2.75, 3.05) is 13.7 Å². The van der Waals surface area contributed by atoms with Crippen LogP contribution >= 0.6 is 0 Å². The highest BCUT2D eigenvalue weighted by atomic mass is 16.7. The average molecular weight is 286 g/mol. The highest BCUT2D eigenvalue weighted by molar-refractivity contribution is 5.31. The minimum absolute atomic E-state index is 0.398. The van der Waals surface area contributed by atoms with Gasteiger partial charge in [0, 0.05) is 0 Å². The molecule has 1 aliphatic heterocycles. The number of rotatable bonds is 4. The third kappa shape index (κ3) is 3.02. The van der Waals surface area contributed by atoms with Gasteiger partial charge >= 0.3 is 0 Å². The number of hydrogen-bond acceptors (Lipinski definition) is 7. The summed E-state index contributed by atoms with van der Waals surface area (Å²) in [6.45, 7) is -0.493. The summed E-state index contributed by atoms with van der Waals surface area (Å²) in [7, 11) is 1.54. The maximum atomic E-state index is 9.82. The Labute approximate surface area is 115 Å². The Morgan fingerprint density at radius 2 is 1.60 bits per heavy atom. The lowest BCUT2D eigenvalue weighted by Gasteiger charge is -2.39. The van der Waals surface area contributed by atoms with Crippen molar-refractivity contribution in [3.05, 3.63) is 24.3 Å². The first-order valence-corrected chi connectivity index (χ1v) is 6.18. The maximum absolute atomic E-state index is 9.82. The lowest BCUT2D eigenvalue weighted by Crippen LogP contribution is -2.60.